The molecule has 3 aromatic rings. The first kappa shape index (κ1) is 20.1. The van der Waals surface area contributed by atoms with Crippen LogP contribution in [-0.2, 0) is 21.0 Å². The number of carbonyl (C=O) groups excluding carboxylic acids is 2. The highest BCUT2D eigenvalue weighted by Crippen LogP contribution is 2.50. The molecule has 1 N–H and O–H groups in total. The van der Waals surface area contributed by atoms with Crippen LogP contribution in [0.4, 0.5) is 5.69 Å². The lowest BCUT2D eigenvalue weighted by Gasteiger charge is -2.29. The Morgan fingerprint density at radius 2 is 1.59 bits per heavy atom. The van der Waals surface area contributed by atoms with Crippen LogP contribution in [0, 0.1) is 5.92 Å². The quantitative estimate of drug-likeness (QED) is 0.625. The molecule has 162 valence electrons. The molecule has 2 aliphatic rings. The number of imide groups is 1. The first-order valence-electron chi connectivity index (χ1n) is 10.4. The number of ether oxygens (including phenoxy) is 1. The summed E-state index contributed by atoms with van der Waals surface area (Å²) in [6.07, 6.45) is -0.970. The molecule has 0 bridgehead atoms. The number of hydrogen-bond acceptors (Lipinski definition) is 6. The normalized spacial score (nSPS) is 22.3. The predicted octanol–water partition coefficient (Wildman–Crippen LogP) is 3.45. The van der Waals surface area contributed by atoms with Crippen molar-refractivity contribution in [1.82, 2.24) is 4.90 Å². The van der Waals surface area contributed by atoms with Crippen LogP contribution in [0.2, 0.25) is 0 Å². The molecule has 0 radical (unpaired) electrons. The van der Waals surface area contributed by atoms with Crippen LogP contribution in [0.15, 0.2) is 78.9 Å². The van der Waals surface area contributed by atoms with Gasteiger partial charge >= 0.3 is 0 Å². The number of aromatic hydroxyl groups is 1. The van der Waals surface area contributed by atoms with Gasteiger partial charge in [0.1, 0.15) is 12.0 Å². The number of para-hydroxylation sites is 2. The van der Waals surface area contributed by atoms with E-state index in [4.69, 9.17) is 9.57 Å². The smallest absolute Gasteiger partial charge is 0.262 e. The minimum Gasteiger partial charge on any atom is -0.504 e. The third-order valence-electron chi connectivity index (χ3n) is 5.97. The minimum absolute atomic E-state index is 0.0769. The SMILES string of the molecule is COc1cccc([C@H]2[C@H]3C(=O)N(Cc4ccccc4)C(=O)[C@H]3ON2c2ccccc2)c1O. The number of carbonyl (C=O) groups is 2. The van der Waals surface area contributed by atoms with Crippen molar-refractivity contribution >= 4 is 17.5 Å². The first-order chi connectivity index (χ1) is 15.6. The van der Waals surface area contributed by atoms with E-state index >= 15 is 0 Å². The molecule has 2 amide bonds. The number of nitrogens with zero attached hydrogens (tertiary/aromatic N) is 2. The van der Waals surface area contributed by atoms with Crippen LogP contribution in [-0.4, -0.2) is 35.0 Å². The number of rotatable bonds is 5. The standard InChI is InChI=1S/C25H22N2O5/c1-31-19-14-8-13-18(22(19)28)21-20-23(32-27(21)17-11-6-3-7-12-17)25(30)26(24(20)29)15-16-9-4-2-5-10-16/h2-14,20-21,23,28H,15H2,1H3/t20-,21+,23+/m1/s1. The zero-order chi connectivity index (χ0) is 22.2. The molecule has 3 aromatic carbocycles. The average molecular weight is 430 g/mol. The average Bonchev–Trinajstić information content (AvgIpc) is 3.32. The molecule has 3 atom stereocenters. The Morgan fingerprint density at radius 1 is 0.906 bits per heavy atom. The zero-order valence-corrected chi connectivity index (χ0v) is 17.4. The molecule has 0 aliphatic carbocycles. The molecule has 2 saturated heterocycles. The van der Waals surface area contributed by atoms with Gasteiger partial charge in [-0.25, -0.2) is 5.06 Å². The maximum atomic E-state index is 13.5. The van der Waals surface area contributed by atoms with Gasteiger partial charge in [-0.15, -0.1) is 0 Å². The number of phenols is 1. The minimum atomic E-state index is -0.970. The van der Waals surface area contributed by atoms with Gasteiger partial charge in [-0.05, 0) is 23.8 Å². The number of fused-ring (bicyclic) bond motifs is 1. The van der Waals surface area contributed by atoms with Crippen molar-refractivity contribution in [3.8, 4) is 11.5 Å². The summed E-state index contributed by atoms with van der Waals surface area (Å²) in [5.41, 5.74) is 2.00. The number of hydrogen-bond donors (Lipinski definition) is 1. The fraction of sp³-hybridized carbons (Fsp3) is 0.200. The molecule has 2 aliphatic heterocycles. The largest absolute Gasteiger partial charge is 0.504 e. The Hall–Kier alpha value is -3.84. The second-order valence-electron chi connectivity index (χ2n) is 7.80. The van der Waals surface area contributed by atoms with E-state index in [-0.39, 0.29) is 29.9 Å². The number of hydroxylamine groups is 1. The summed E-state index contributed by atoms with van der Waals surface area (Å²) in [4.78, 5) is 34.1. The molecule has 7 nitrogen and oxygen atoms in total. The predicted molar refractivity (Wildman–Crippen MR) is 117 cm³/mol. The molecule has 0 aromatic heterocycles. The van der Waals surface area contributed by atoms with Gasteiger partial charge in [-0.2, -0.15) is 0 Å². The fourth-order valence-corrected chi connectivity index (χ4v) is 4.45. The topological polar surface area (TPSA) is 79.3 Å². The van der Waals surface area contributed by atoms with Gasteiger partial charge in [-0.3, -0.25) is 19.3 Å². The third kappa shape index (κ3) is 3.18. The first-order valence-corrected chi connectivity index (χ1v) is 10.4. The number of amides is 2. The summed E-state index contributed by atoms with van der Waals surface area (Å²) in [5.74, 6) is -1.29. The van der Waals surface area contributed by atoms with E-state index in [0.29, 0.717) is 11.3 Å². The van der Waals surface area contributed by atoms with Crippen LogP contribution in [0.3, 0.4) is 0 Å². The molecule has 2 fully saturated rings. The van der Waals surface area contributed by atoms with Crippen molar-refractivity contribution in [2.24, 2.45) is 5.92 Å². The summed E-state index contributed by atoms with van der Waals surface area (Å²) < 4.78 is 5.27. The van der Waals surface area contributed by atoms with E-state index in [0.717, 1.165) is 5.56 Å². The highest BCUT2D eigenvalue weighted by atomic mass is 16.7. The molecule has 0 saturated carbocycles. The zero-order valence-electron chi connectivity index (χ0n) is 17.4. The summed E-state index contributed by atoms with van der Waals surface area (Å²) >= 11 is 0. The highest BCUT2D eigenvalue weighted by Gasteiger charge is 2.60. The van der Waals surface area contributed by atoms with Crippen molar-refractivity contribution in [2.75, 3.05) is 12.2 Å². The van der Waals surface area contributed by atoms with Crippen molar-refractivity contribution in [1.29, 1.82) is 0 Å². The van der Waals surface area contributed by atoms with Crippen molar-refractivity contribution in [3.63, 3.8) is 0 Å². The lowest BCUT2D eigenvalue weighted by atomic mass is 9.90. The van der Waals surface area contributed by atoms with Gasteiger partial charge in [0.25, 0.3) is 5.91 Å². The van der Waals surface area contributed by atoms with Crippen molar-refractivity contribution in [3.05, 3.63) is 90.0 Å². The molecule has 32 heavy (non-hydrogen) atoms. The second kappa shape index (κ2) is 8.01. The second-order valence-corrected chi connectivity index (χ2v) is 7.80. The number of benzene rings is 3. The Bertz CT molecular complexity index is 1150. The van der Waals surface area contributed by atoms with Crippen LogP contribution in [0.25, 0.3) is 0 Å². The van der Waals surface area contributed by atoms with E-state index in [2.05, 4.69) is 0 Å². The summed E-state index contributed by atoms with van der Waals surface area (Å²) in [5, 5.41) is 12.4. The van der Waals surface area contributed by atoms with Crippen LogP contribution >= 0.6 is 0 Å². The van der Waals surface area contributed by atoms with Gasteiger partial charge in [0.2, 0.25) is 5.91 Å². The molecular weight excluding hydrogens is 408 g/mol. The summed E-state index contributed by atoms with van der Waals surface area (Å²) in [6.45, 7) is 0.178. The van der Waals surface area contributed by atoms with Crippen molar-refractivity contribution < 1.29 is 24.3 Å². The van der Waals surface area contributed by atoms with E-state index in [1.807, 2.05) is 60.7 Å². The monoisotopic (exact) mass is 430 g/mol. The molecule has 7 heteroatoms. The van der Waals surface area contributed by atoms with Gasteiger partial charge in [-0.1, -0.05) is 60.7 Å². The maximum absolute atomic E-state index is 13.5. The third-order valence-corrected chi connectivity index (χ3v) is 5.97. The van der Waals surface area contributed by atoms with Gasteiger partial charge in [0.15, 0.2) is 17.6 Å². The van der Waals surface area contributed by atoms with E-state index in [1.165, 1.54) is 12.0 Å². The Labute approximate surface area is 185 Å². The Morgan fingerprint density at radius 3 is 2.28 bits per heavy atom. The van der Waals surface area contributed by atoms with Crippen molar-refractivity contribution in [2.45, 2.75) is 18.7 Å². The highest BCUT2D eigenvalue weighted by molar-refractivity contribution is 6.07. The molecule has 0 unspecified atom stereocenters. The Balaban J connectivity index is 1.57. The van der Waals surface area contributed by atoms with Crippen LogP contribution in [0.1, 0.15) is 17.2 Å². The molecule has 5 rings (SSSR count). The Kier molecular flexibility index (Phi) is 5.03. The maximum Gasteiger partial charge on any atom is 0.262 e. The summed E-state index contributed by atoms with van der Waals surface area (Å²) in [6, 6.07) is 23.0. The number of likely N-dealkylation sites (tertiary alicyclic amines) is 1. The van der Waals surface area contributed by atoms with Gasteiger partial charge in [0, 0.05) is 5.56 Å². The number of phenolic OH excluding ortho intramolecular Hbond substituents is 1. The lowest BCUT2D eigenvalue weighted by molar-refractivity contribution is -0.143. The van der Waals surface area contributed by atoms with E-state index < -0.39 is 18.1 Å². The fourth-order valence-electron chi connectivity index (χ4n) is 4.45. The van der Waals surface area contributed by atoms with Gasteiger partial charge < -0.3 is 9.84 Å². The van der Waals surface area contributed by atoms with E-state index in [9.17, 15) is 14.7 Å². The number of methoxy groups -OCH3 is 1. The van der Waals surface area contributed by atoms with Crippen LogP contribution in [0.5, 0.6) is 11.5 Å². The van der Waals surface area contributed by atoms with Gasteiger partial charge in [0.05, 0.1) is 19.3 Å². The summed E-state index contributed by atoms with van der Waals surface area (Å²) in [7, 11) is 1.47. The molecule has 0 spiro atoms. The van der Waals surface area contributed by atoms with Crippen LogP contribution < -0.4 is 9.80 Å². The lowest BCUT2D eigenvalue weighted by Crippen LogP contribution is -2.37. The number of anilines is 1. The molecule has 2 heterocycles. The molecular formula is C25H22N2O5. The van der Waals surface area contributed by atoms with E-state index in [1.54, 1.807) is 23.3 Å².